The van der Waals surface area contributed by atoms with Gasteiger partial charge in [-0.1, -0.05) is 56.3 Å². The molecule has 0 aliphatic heterocycles. The van der Waals surface area contributed by atoms with Gasteiger partial charge in [0.1, 0.15) is 5.69 Å². The maximum absolute atomic E-state index is 12.6. The van der Waals surface area contributed by atoms with Gasteiger partial charge < -0.3 is 5.32 Å². The summed E-state index contributed by atoms with van der Waals surface area (Å²) in [6, 6.07) is 19.6. The number of carbonyl (C=O) groups is 1. The van der Waals surface area contributed by atoms with E-state index >= 15 is 0 Å². The van der Waals surface area contributed by atoms with E-state index in [-0.39, 0.29) is 5.91 Å². The Labute approximate surface area is 158 Å². The molecule has 0 spiro atoms. The number of para-hydroxylation sites is 2. The maximum atomic E-state index is 12.6. The Balaban J connectivity index is 1.56. The van der Waals surface area contributed by atoms with E-state index in [1.165, 1.54) is 0 Å². The molecule has 0 fully saturated rings. The fourth-order valence-corrected chi connectivity index (χ4v) is 3.26. The number of rotatable bonds is 5. The molecule has 2 aromatic carbocycles. The van der Waals surface area contributed by atoms with E-state index in [1.54, 1.807) is 6.07 Å². The van der Waals surface area contributed by atoms with Crippen molar-refractivity contribution >= 4 is 27.7 Å². The Bertz CT molecular complexity index is 1110. The smallest absolute Gasteiger partial charge is 0.270 e. The Morgan fingerprint density at radius 1 is 1.04 bits per heavy atom. The predicted octanol–water partition coefficient (Wildman–Crippen LogP) is 4.17. The van der Waals surface area contributed by atoms with Gasteiger partial charge in [0, 0.05) is 17.3 Å². The van der Waals surface area contributed by atoms with Crippen LogP contribution in [0.4, 0.5) is 0 Å². The highest BCUT2D eigenvalue weighted by atomic mass is 16.1. The third-order valence-corrected chi connectivity index (χ3v) is 4.52. The Morgan fingerprint density at radius 3 is 2.67 bits per heavy atom. The summed E-state index contributed by atoms with van der Waals surface area (Å²) in [5.74, 6) is 0.306. The van der Waals surface area contributed by atoms with Crippen LogP contribution in [0.25, 0.3) is 21.8 Å². The summed E-state index contributed by atoms with van der Waals surface area (Å²) in [5, 5.41) is 9.78. The number of hydrogen-bond donors (Lipinski definition) is 1. The third kappa shape index (κ3) is 3.53. The molecule has 0 atom stereocenters. The fourth-order valence-electron chi connectivity index (χ4n) is 3.26. The van der Waals surface area contributed by atoms with Crippen molar-refractivity contribution in [3.8, 4) is 0 Å². The van der Waals surface area contributed by atoms with Crippen molar-refractivity contribution in [1.29, 1.82) is 0 Å². The molecule has 2 aromatic heterocycles. The molecule has 0 aliphatic rings. The van der Waals surface area contributed by atoms with Crippen molar-refractivity contribution < 1.29 is 4.79 Å². The summed E-state index contributed by atoms with van der Waals surface area (Å²) in [5.41, 5.74) is 3.20. The highest BCUT2D eigenvalue weighted by Crippen LogP contribution is 2.19. The van der Waals surface area contributed by atoms with E-state index in [4.69, 9.17) is 5.10 Å². The minimum atomic E-state index is -0.191. The highest BCUT2D eigenvalue weighted by Gasteiger charge is 2.13. The highest BCUT2D eigenvalue weighted by molar-refractivity contribution is 5.95. The van der Waals surface area contributed by atoms with E-state index < -0.39 is 0 Å². The van der Waals surface area contributed by atoms with Gasteiger partial charge >= 0.3 is 0 Å². The number of pyridine rings is 1. The number of hydrogen-bond acceptors (Lipinski definition) is 3. The zero-order valence-electron chi connectivity index (χ0n) is 15.5. The Hall–Kier alpha value is -3.21. The molecule has 1 N–H and O–H groups in total. The average molecular weight is 358 g/mol. The molecule has 0 saturated heterocycles. The van der Waals surface area contributed by atoms with E-state index in [0.717, 1.165) is 34.0 Å². The quantitative estimate of drug-likeness (QED) is 0.582. The lowest BCUT2D eigenvalue weighted by Gasteiger charge is -2.06. The first-order chi connectivity index (χ1) is 13.1. The van der Waals surface area contributed by atoms with Gasteiger partial charge in [-0.15, -0.1) is 0 Å². The molecular formula is C22H22N4O. The van der Waals surface area contributed by atoms with Crippen LogP contribution in [-0.4, -0.2) is 20.7 Å². The van der Waals surface area contributed by atoms with Gasteiger partial charge in [0.25, 0.3) is 5.91 Å². The molecule has 1 amide bonds. The number of fused-ring (bicyclic) bond motifs is 2. The Morgan fingerprint density at radius 2 is 1.81 bits per heavy atom. The lowest BCUT2D eigenvalue weighted by Crippen LogP contribution is -2.24. The van der Waals surface area contributed by atoms with E-state index in [0.29, 0.717) is 18.2 Å². The van der Waals surface area contributed by atoms with Crippen LogP contribution in [0.15, 0.2) is 60.7 Å². The molecule has 4 aromatic rings. The first-order valence-electron chi connectivity index (χ1n) is 9.20. The summed E-state index contributed by atoms with van der Waals surface area (Å²) < 4.78 is 2.02. The second-order valence-corrected chi connectivity index (χ2v) is 7.11. The molecule has 4 rings (SSSR count). The first-order valence-corrected chi connectivity index (χ1v) is 9.20. The number of nitrogens with one attached hydrogen (secondary N) is 1. The predicted molar refractivity (Wildman–Crippen MR) is 107 cm³/mol. The molecule has 136 valence electrons. The summed E-state index contributed by atoms with van der Waals surface area (Å²) in [4.78, 5) is 17.0. The molecule has 5 nitrogen and oxygen atoms in total. The number of nitrogens with zero attached hydrogens (tertiary/aromatic N) is 3. The molecule has 27 heavy (non-hydrogen) atoms. The monoisotopic (exact) mass is 358 g/mol. The number of aromatic nitrogens is 3. The number of carbonyl (C=O) groups excluding carboxylic acids is 1. The fraction of sp³-hybridized carbons (Fsp3) is 0.227. The molecule has 0 aliphatic carbocycles. The van der Waals surface area contributed by atoms with Crippen LogP contribution in [0.2, 0.25) is 0 Å². The largest absolute Gasteiger partial charge is 0.345 e. The minimum Gasteiger partial charge on any atom is -0.345 e. The lowest BCUT2D eigenvalue weighted by molar-refractivity contribution is 0.0946. The molecule has 2 heterocycles. The standard InChI is InChI=1S/C22H22N4O/c1-15(2)14-26-21-10-6-4-8-17(21)20(25-26)13-23-22(27)19-12-11-16-7-3-5-9-18(16)24-19/h3-12,15H,13-14H2,1-2H3,(H,23,27). The van der Waals surface area contributed by atoms with Crippen LogP contribution < -0.4 is 5.32 Å². The van der Waals surface area contributed by atoms with E-state index in [2.05, 4.69) is 36.3 Å². The van der Waals surface area contributed by atoms with Crippen LogP contribution in [0.3, 0.4) is 0 Å². The number of amides is 1. The van der Waals surface area contributed by atoms with Gasteiger partial charge in [-0.2, -0.15) is 5.10 Å². The second kappa shape index (κ2) is 7.19. The van der Waals surface area contributed by atoms with Gasteiger partial charge in [0.2, 0.25) is 0 Å². The first kappa shape index (κ1) is 17.2. The average Bonchev–Trinajstić information content (AvgIpc) is 3.03. The molecule has 0 unspecified atom stereocenters. The number of benzene rings is 2. The van der Waals surface area contributed by atoms with E-state index in [9.17, 15) is 4.79 Å². The van der Waals surface area contributed by atoms with Crippen LogP contribution >= 0.6 is 0 Å². The van der Waals surface area contributed by atoms with Crippen molar-refractivity contribution in [1.82, 2.24) is 20.1 Å². The molecule has 0 saturated carbocycles. The van der Waals surface area contributed by atoms with Crippen molar-refractivity contribution in [2.45, 2.75) is 26.9 Å². The van der Waals surface area contributed by atoms with Crippen molar-refractivity contribution in [3.63, 3.8) is 0 Å². The molecule has 0 bridgehead atoms. The van der Waals surface area contributed by atoms with Gasteiger partial charge in [-0.3, -0.25) is 9.48 Å². The van der Waals surface area contributed by atoms with Crippen molar-refractivity contribution in [3.05, 3.63) is 72.1 Å². The summed E-state index contributed by atoms with van der Waals surface area (Å²) in [6.45, 7) is 5.56. The minimum absolute atomic E-state index is 0.191. The van der Waals surface area contributed by atoms with Crippen LogP contribution in [-0.2, 0) is 13.1 Å². The maximum Gasteiger partial charge on any atom is 0.270 e. The topological polar surface area (TPSA) is 59.8 Å². The SMILES string of the molecule is CC(C)Cn1nc(CNC(=O)c2ccc3ccccc3n2)c2ccccc21. The second-order valence-electron chi connectivity index (χ2n) is 7.11. The van der Waals surface area contributed by atoms with E-state index in [1.807, 2.05) is 47.1 Å². The summed E-state index contributed by atoms with van der Waals surface area (Å²) in [7, 11) is 0. The van der Waals surface area contributed by atoms with Crippen LogP contribution in [0.5, 0.6) is 0 Å². The van der Waals surface area contributed by atoms with Gasteiger partial charge in [0.15, 0.2) is 0 Å². The van der Waals surface area contributed by atoms with Crippen molar-refractivity contribution in [2.24, 2.45) is 5.92 Å². The van der Waals surface area contributed by atoms with Gasteiger partial charge in [0.05, 0.1) is 23.3 Å². The van der Waals surface area contributed by atoms with Crippen LogP contribution in [0, 0.1) is 5.92 Å². The Kier molecular flexibility index (Phi) is 4.59. The molecule has 5 heteroatoms. The summed E-state index contributed by atoms with van der Waals surface area (Å²) >= 11 is 0. The zero-order chi connectivity index (χ0) is 18.8. The zero-order valence-corrected chi connectivity index (χ0v) is 15.5. The molecular weight excluding hydrogens is 336 g/mol. The van der Waals surface area contributed by atoms with Gasteiger partial charge in [-0.05, 0) is 24.1 Å². The van der Waals surface area contributed by atoms with Gasteiger partial charge in [-0.25, -0.2) is 4.98 Å². The lowest BCUT2D eigenvalue weighted by atomic mass is 10.2. The normalized spacial score (nSPS) is 11.4. The summed E-state index contributed by atoms with van der Waals surface area (Å²) in [6.07, 6.45) is 0. The third-order valence-electron chi connectivity index (χ3n) is 4.52. The van der Waals surface area contributed by atoms with Crippen molar-refractivity contribution in [2.75, 3.05) is 0 Å². The van der Waals surface area contributed by atoms with Crippen LogP contribution in [0.1, 0.15) is 30.0 Å². The molecule has 0 radical (unpaired) electrons.